The molecule has 0 saturated carbocycles. The van der Waals surface area contributed by atoms with Crippen LogP contribution in [-0.2, 0) is 24.3 Å². The zero-order chi connectivity index (χ0) is 24.2. The van der Waals surface area contributed by atoms with Gasteiger partial charge in [-0.3, -0.25) is 9.59 Å². The maximum Gasteiger partial charge on any atom is 0.310 e. The number of hydrogen-bond acceptors (Lipinski definition) is 5. The van der Waals surface area contributed by atoms with Crippen molar-refractivity contribution in [3.05, 3.63) is 65.0 Å². The van der Waals surface area contributed by atoms with Gasteiger partial charge in [0.05, 0.1) is 16.9 Å². The van der Waals surface area contributed by atoms with Gasteiger partial charge in [-0.2, -0.15) is 4.31 Å². The molecule has 0 radical (unpaired) electrons. The third kappa shape index (κ3) is 6.17. The summed E-state index contributed by atoms with van der Waals surface area (Å²) in [4.78, 5) is 24.8. The molecule has 2 atom stereocenters. The third-order valence-electron chi connectivity index (χ3n) is 5.92. The molecule has 2 unspecified atom stereocenters. The highest BCUT2D eigenvalue weighted by Gasteiger charge is 2.34. The molecule has 0 spiro atoms. The van der Waals surface area contributed by atoms with E-state index in [9.17, 15) is 22.4 Å². The number of hydrogen-bond donors (Lipinski definition) is 1. The van der Waals surface area contributed by atoms with Crippen molar-refractivity contribution in [2.75, 3.05) is 19.7 Å². The Balaban J connectivity index is 1.54. The first kappa shape index (κ1) is 24.9. The van der Waals surface area contributed by atoms with Crippen LogP contribution in [-0.4, -0.2) is 44.3 Å². The minimum Gasteiger partial charge on any atom is -0.455 e. The van der Waals surface area contributed by atoms with Crippen molar-refractivity contribution in [3.8, 4) is 0 Å². The minimum absolute atomic E-state index is 0.0300. The van der Waals surface area contributed by atoms with E-state index >= 15 is 0 Å². The predicted octanol–water partition coefficient (Wildman–Crippen LogP) is 3.26. The van der Waals surface area contributed by atoms with Crippen molar-refractivity contribution in [3.63, 3.8) is 0 Å². The van der Waals surface area contributed by atoms with Crippen LogP contribution in [0.25, 0.3) is 0 Å². The number of rotatable bonds is 7. The van der Waals surface area contributed by atoms with E-state index in [-0.39, 0.29) is 24.0 Å². The molecule has 1 heterocycles. The van der Waals surface area contributed by atoms with Crippen LogP contribution in [0.3, 0.4) is 0 Å². The van der Waals surface area contributed by atoms with Crippen LogP contribution >= 0.6 is 0 Å². The van der Waals surface area contributed by atoms with Crippen LogP contribution in [0.15, 0.2) is 47.4 Å². The third-order valence-corrected chi connectivity index (χ3v) is 7.80. The lowest BCUT2D eigenvalue weighted by Gasteiger charge is -2.30. The summed E-state index contributed by atoms with van der Waals surface area (Å²) in [5.41, 5.74) is 3.23. The molecule has 0 aliphatic carbocycles. The molecule has 33 heavy (non-hydrogen) atoms. The smallest absolute Gasteiger partial charge is 0.310 e. The van der Waals surface area contributed by atoms with Gasteiger partial charge in [0.25, 0.3) is 5.91 Å². The van der Waals surface area contributed by atoms with Gasteiger partial charge in [0.1, 0.15) is 5.82 Å². The number of sulfonamides is 1. The Hall–Kier alpha value is -2.78. The normalized spacial score (nSPS) is 17.9. The molecule has 0 aromatic heterocycles. The molecular weight excluding hydrogens is 447 g/mol. The maximum absolute atomic E-state index is 13.1. The molecule has 9 heteroatoms. The molecular formula is C24H29FN2O5S. The van der Waals surface area contributed by atoms with Crippen LogP contribution < -0.4 is 5.32 Å². The van der Waals surface area contributed by atoms with E-state index in [4.69, 9.17) is 4.74 Å². The molecule has 2 aromatic rings. The van der Waals surface area contributed by atoms with Crippen molar-refractivity contribution < 1.29 is 27.1 Å². The van der Waals surface area contributed by atoms with Crippen molar-refractivity contribution in [2.45, 2.75) is 44.6 Å². The van der Waals surface area contributed by atoms with Gasteiger partial charge in [-0.25, -0.2) is 12.8 Å². The monoisotopic (exact) mass is 476 g/mol. The van der Waals surface area contributed by atoms with Gasteiger partial charge in [0.2, 0.25) is 10.0 Å². The fourth-order valence-electron chi connectivity index (χ4n) is 3.76. The Morgan fingerprint density at radius 2 is 1.85 bits per heavy atom. The summed E-state index contributed by atoms with van der Waals surface area (Å²) in [6.07, 6.45) is 0.950. The Bertz CT molecular complexity index is 1120. The highest BCUT2D eigenvalue weighted by molar-refractivity contribution is 7.89. The first-order valence-corrected chi connectivity index (χ1v) is 12.3. The van der Waals surface area contributed by atoms with Crippen LogP contribution in [0.4, 0.5) is 4.39 Å². The second kappa shape index (κ2) is 10.4. The number of aryl methyl sites for hydroxylation is 2. The highest BCUT2D eigenvalue weighted by Crippen LogP contribution is 2.25. The number of esters is 1. The summed E-state index contributed by atoms with van der Waals surface area (Å²) in [5.74, 6) is -2.23. The number of ether oxygens (including phenoxy) is 1. The largest absolute Gasteiger partial charge is 0.455 e. The molecule has 2 aromatic carbocycles. The summed E-state index contributed by atoms with van der Waals surface area (Å²) in [6.45, 7) is 5.65. The Morgan fingerprint density at radius 1 is 1.15 bits per heavy atom. The molecule has 1 aliphatic heterocycles. The number of carbonyl (C=O) groups is 2. The standard InChI is InChI=1S/C24H29FN2O5S/c1-16-6-7-19(13-17(16)2)18(3)26-23(28)15-32-24(29)20-5-4-12-27(14-20)33(30,31)22-10-8-21(25)9-11-22/h6-11,13,18,20H,4-5,12,14-15H2,1-3H3,(H,26,28). The number of piperidine rings is 1. The summed E-state index contributed by atoms with van der Waals surface area (Å²) < 4.78 is 45.2. The molecule has 1 fully saturated rings. The number of benzene rings is 2. The van der Waals surface area contributed by atoms with Crippen LogP contribution in [0.5, 0.6) is 0 Å². The summed E-state index contributed by atoms with van der Waals surface area (Å²) in [7, 11) is -3.85. The molecule has 1 saturated heterocycles. The zero-order valence-electron chi connectivity index (χ0n) is 19.0. The van der Waals surface area contributed by atoms with Crippen molar-refractivity contribution in [1.29, 1.82) is 0 Å². The quantitative estimate of drug-likeness (QED) is 0.620. The average Bonchev–Trinajstić information content (AvgIpc) is 2.79. The molecule has 1 amide bonds. The summed E-state index contributed by atoms with van der Waals surface area (Å²) >= 11 is 0. The summed E-state index contributed by atoms with van der Waals surface area (Å²) in [6, 6.07) is 10.3. The number of halogens is 1. The first-order valence-electron chi connectivity index (χ1n) is 10.9. The Labute approximate surface area is 194 Å². The van der Waals surface area contributed by atoms with Crippen LogP contribution in [0.1, 0.15) is 42.5 Å². The van der Waals surface area contributed by atoms with E-state index < -0.39 is 40.2 Å². The Kier molecular flexibility index (Phi) is 7.86. The van der Waals surface area contributed by atoms with Crippen molar-refractivity contribution in [1.82, 2.24) is 9.62 Å². The molecule has 7 nitrogen and oxygen atoms in total. The lowest BCUT2D eigenvalue weighted by Crippen LogP contribution is -2.43. The fraction of sp³-hybridized carbons (Fsp3) is 0.417. The van der Waals surface area contributed by atoms with E-state index in [1.165, 1.54) is 16.4 Å². The topological polar surface area (TPSA) is 92.8 Å². The number of nitrogens with one attached hydrogen (secondary N) is 1. The SMILES string of the molecule is Cc1ccc(C(C)NC(=O)COC(=O)C2CCCN(S(=O)(=O)c3ccc(F)cc3)C2)cc1C. The van der Waals surface area contributed by atoms with Crippen LogP contribution in [0, 0.1) is 25.6 Å². The van der Waals surface area contributed by atoms with Gasteiger partial charge in [-0.15, -0.1) is 0 Å². The minimum atomic E-state index is -3.85. The van der Waals surface area contributed by atoms with Gasteiger partial charge in [-0.05, 0) is 74.6 Å². The highest BCUT2D eigenvalue weighted by atomic mass is 32.2. The molecule has 1 aliphatic rings. The molecule has 178 valence electrons. The van der Waals surface area contributed by atoms with Gasteiger partial charge in [0.15, 0.2) is 6.61 Å². The number of carbonyl (C=O) groups excluding carboxylic acids is 2. The number of amides is 1. The fourth-order valence-corrected chi connectivity index (χ4v) is 5.29. The summed E-state index contributed by atoms with van der Waals surface area (Å²) in [5, 5.41) is 2.81. The number of nitrogens with zero attached hydrogens (tertiary/aromatic N) is 1. The lowest BCUT2D eigenvalue weighted by molar-refractivity contribution is -0.153. The van der Waals surface area contributed by atoms with Crippen molar-refractivity contribution >= 4 is 21.9 Å². The predicted molar refractivity (Wildman–Crippen MR) is 121 cm³/mol. The van der Waals surface area contributed by atoms with Gasteiger partial charge < -0.3 is 10.1 Å². The second-order valence-electron chi connectivity index (χ2n) is 8.40. The Morgan fingerprint density at radius 3 is 2.52 bits per heavy atom. The van der Waals surface area contributed by atoms with Crippen LogP contribution in [0.2, 0.25) is 0 Å². The average molecular weight is 477 g/mol. The molecule has 3 rings (SSSR count). The van der Waals surface area contributed by atoms with Gasteiger partial charge in [0, 0.05) is 13.1 Å². The second-order valence-corrected chi connectivity index (χ2v) is 10.3. The van der Waals surface area contributed by atoms with Crippen molar-refractivity contribution in [2.24, 2.45) is 5.92 Å². The maximum atomic E-state index is 13.1. The van der Waals surface area contributed by atoms with E-state index in [2.05, 4.69) is 5.32 Å². The van der Waals surface area contributed by atoms with E-state index in [1.54, 1.807) is 0 Å². The molecule has 0 bridgehead atoms. The molecule has 1 N–H and O–H groups in total. The first-order chi connectivity index (χ1) is 15.6. The van der Waals surface area contributed by atoms with Gasteiger partial charge in [-0.1, -0.05) is 18.2 Å². The van der Waals surface area contributed by atoms with Gasteiger partial charge >= 0.3 is 5.97 Å². The zero-order valence-corrected chi connectivity index (χ0v) is 19.8. The van der Waals surface area contributed by atoms with E-state index in [0.717, 1.165) is 28.8 Å². The van der Waals surface area contributed by atoms with E-state index in [1.807, 2.05) is 39.0 Å². The lowest BCUT2D eigenvalue weighted by atomic mass is 10.00. The van der Waals surface area contributed by atoms with E-state index in [0.29, 0.717) is 12.8 Å².